The van der Waals surface area contributed by atoms with Crippen LogP contribution in [0.4, 0.5) is 0 Å². The average molecular weight is 284 g/mol. The van der Waals surface area contributed by atoms with Gasteiger partial charge in [0.15, 0.2) is 5.65 Å². The number of pyridine rings is 1. The van der Waals surface area contributed by atoms with E-state index in [1.807, 2.05) is 19.2 Å². The van der Waals surface area contributed by atoms with E-state index in [0.29, 0.717) is 6.54 Å². The molecule has 3 aromatic heterocycles. The van der Waals surface area contributed by atoms with Crippen LogP contribution in [0, 0.1) is 0 Å². The van der Waals surface area contributed by atoms with Gasteiger partial charge in [-0.2, -0.15) is 10.2 Å². The monoisotopic (exact) mass is 284 g/mol. The molecule has 108 valence electrons. The maximum atomic E-state index is 12.4. The van der Waals surface area contributed by atoms with E-state index in [2.05, 4.69) is 15.2 Å². The summed E-state index contributed by atoms with van der Waals surface area (Å²) in [7, 11) is 1.86. The molecule has 21 heavy (non-hydrogen) atoms. The lowest BCUT2D eigenvalue weighted by Gasteiger charge is -2.09. The zero-order chi connectivity index (χ0) is 14.4. The van der Waals surface area contributed by atoms with Crippen molar-refractivity contribution in [2.75, 3.05) is 0 Å². The van der Waals surface area contributed by atoms with Crippen molar-refractivity contribution in [1.82, 2.24) is 29.1 Å². The molecule has 0 radical (unpaired) electrons. The number of hydrogen-bond acceptors (Lipinski definition) is 4. The molecule has 1 aliphatic rings. The average Bonchev–Trinajstić information content (AvgIpc) is 2.99. The summed E-state index contributed by atoms with van der Waals surface area (Å²) in [5, 5.41) is 9.91. The first-order valence-electron chi connectivity index (χ1n) is 7.17. The lowest BCUT2D eigenvalue weighted by molar-refractivity contribution is 0.511. The Hall–Kier alpha value is -2.44. The second-order valence-electron chi connectivity index (χ2n) is 5.41. The maximum Gasteiger partial charge on any atom is 0.346 e. The lowest BCUT2D eigenvalue weighted by atomic mass is 10.2. The van der Waals surface area contributed by atoms with Crippen LogP contribution in [0.2, 0.25) is 0 Å². The van der Waals surface area contributed by atoms with Crippen LogP contribution >= 0.6 is 0 Å². The Bertz CT molecular complexity index is 871. The minimum Gasteiger partial charge on any atom is -0.279 e. The summed E-state index contributed by atoms with van der Waals surface area (Å²) < 4.78 is 5.05. The van der Waals surface area contributed by atoms with E-state index in [0.717, 1.165) is 48.4 Å². The molecule has 4 heterocycles. The van der Waals surface area contributed by atoms with E-state index in [4.69, 9.17) is 0 Å². The van der Waals surface area contributed by atoms with Crippen LogP contribution < -0.4 is 5.69 Å². The predicted molar refractivity (Wildman–Crippen MR) is 77.0 cm³/mol. The number of rotatable bonds is 2. The Kier molecular flexibility index (Phi) is 2.66. The molecule has 3 aromatic rings. The van der Waals surface area contributed by atoms with Gasteiger partial charge in [0.1, 0.15) is 5.82 Å². The molecular formula is C14H16N6O. The largest absolute Gasteiger partial charge is 0.346 e. The third-order valence-electron chi connectivity index (χ3n) is 4.01. The summed E-state index contributed by atoms with van der Waals surface area (Å²) in [6, 6.07) is 3.86. The number of aryl methyl sites for hydroxylation is 2. The van der Waals surface area contributed by atoms with Crippen molar-refractivity contribution < 1.29 is 0 Å². The molecule has 0 aromatic carbocycles. The van der Waals surface area contributed by atoms with Gasteiger partial charge in [-0.15, -0.1) is 0 Å². The summed E-state index contributed by atoms with van der Waals surface area (Å²) in [6.45, 7) is 1.17. The van der Waals surface area contributed by atoms with Gasteiger partial charge in [0, 0.05) is 31.6 Å². The lowest BCUT2D eigenvalue weighted by Crippen LogP contribution is -2.27. The van der Waals surface area contributed by atoms with E-state index in [9.17, 15) is 4.79 Å². The van der Waals surface area contributed by atoms with E-state index in [1.54, 1.807) is 15.4 Å². The molecule has 0 fully saturated rings. The quantitative estimate of drug-likeness (QED) is 0.695. The molecule has 7 heteroatoms. The van der Waals surface area contributed by atoms with E-state index in [-0.39, 0.29) is 5.69 Å². The van der Waals surface area contributed by atoms with Gasteiger partial charge in [-0.25, -0.2) is 14.5 Å². The molecule has 0 aliphatic carbocycles. The van der Waals surface area contributed by atoms with Crippen LogP contribution in [-0.2, 0) is 26.6 Å². The Morgan fingerprint density at radius 3 is 3.05 bits per heavy atom. The fraction of sp³-hybridized carbons (Fsp3) is 0.429. The zero-order valence-electron chi connectivity index (χ0n) is 11.9. The molecule has 0 atom stereocenters. The van der Waals surface area contributed by atoms with Gasteiger partial charge >= 0.3 is 5.69 Å². The van der Waals surface area contributed by atoms with Crippen LogP contribution in [0.3, 0.4) is 0 Å². The van der Waals surface area contributed by atoms with Gasteiger partial charge in [0.05, 0.1) is 12.2 Å². The van der Waals surface area contributed by atoms with Gasteiger partial charge < -0.3 is 0 Å². The van der Waals surface area contributed by atoms with E-state index >= 15 is 0 Å². The fourth-order valence-electron chi connectivity index (χ4n) is 2.97. The molecule has 0 saturated carbocycles. The van der Waals surface area contributed by atoms with Crippen LogP contribution in [0.1, 0.15) is 24.4 Å². The first-order chi connectivity index (χ1) is 10.2. The number of hydrogen-bond donors (Lipinski definition) is 0. The Morgan fingerprint density at radius 2 is 2.19 bits per heavy atom. The summed E-state index contributed by atoms with van der Waals surface area (Å²) in [5.74, 6) is 0.893. The van der Waals surface area contributed by atoms with Gasteiger partial charge in [-0.1, -0.05) is 0 Å². The Balaban J connectivity index is 1.79. The Morgan fingerprint density at radius 1 is 1.29 bits per heavy atom. The van der Waals surface area contributed by atoms with Gasteiger partial charge in [0.2, 0.25) is 0 Å². The molecule has 0 unspecified atom stereocenters. The highest BCUT2D eigenvalue weighted by atomic mass is 16.2. The summed E-state index contributed by atoms with van der Waals surface area (Å²) in [4.78, 5) is 16.7. The molecule has 0 N–H and O–H groups in total. The fourth-order valence-corrected chi connectivity index (χ4v) is 2.97. The van der Waals surface area contributed by atoms with Crippen LogP contribution in [-0.4, -0.2) is 29.1 Å². The third-order valence-corrected chi connectivity index (χ3v) is 4.01. The molecule has 4 rings (SSSR count). The second-order valence-corrected chi connectivity index (χ2v) is 5.41. The van der Waals surface area contributed by atoms with Crippen molar-refractivity contribution in [3.8, 4) is 0 Å². The van der Waals surface area contributed by atoms with Gasteiger partial charge in [0.25, 0.3) is 0 Å². The third kappa shape index (κ3) is 1.88. The summed E-state index contributed by atoms with van der Waals surface area (Å²) >= 11 is 0. The highest BCUT2D eigenvalue weighted by molar-refractivity contribution is 5.77. The number of fused-ring (bicyclic) bond motifs is 2. The normalized spacial score (nSPS) is 14.5. The standard InChI is InChI=1S/C14H16N6O/c1-18-13-10(5-4-7-15-13)11(16-18)9-20-14(21)19-8-3-2-6-12(19)17-20/h4-5,7H,2-3,6,8-9H2,1H3. The van der Waals surface area contributed by atoms with Gasteiger partial charge in [-0.3, -0.25) is 9.25 Å². The summed E-state index contributed by atoms with van der Waals surface area (Å²) in [6.07, 6.45) is 4.78. The summed E-state index contributed by atoms with van der Waals surface area (Å²) in [5.41, 5.74) is 1.62. The van der Waals surface area contributed by atoms with Crippen LogP contribution in [0.25, 0.3) is 11.0 Å². The smallest absolute Gasteiger partial charge is 0.279 e. The second kappa shape index (κ2) is 4.54. The maximum absolute atomic E-state index is 12.4. The molecule has 0 bridgehead atoms. The van der Waals surface area contributed by atoms with Crippen molar-refractivity contribution in [1.29, 1.82) is 0 Å². The highest BCUT2D eigenvalue weighted by Gasteiger charge is 2.18. The van der Waals surface area contributed by atoms with Crippen molar-refractivity contribution in [2.24, 2.45) is 7.05 Å². The number of aromatic nitrogens is 6. The van der Waals surface area contributed by atoms with Crippen LogP contribution in [0.5, 0.6) is 0 Å². The predicted octanol–water partition coefficient (Wildman–Crippen LogP) is 0.711. The van der Waals surface area contributed by atoms with Crippen molar-refractivity contribution in [2.45, 2.75) is 32.4 Å². The topological polar surface area (TPSA) is 70.5 Å². The molecule has 7 nitrogen and oxygen atoms in total. The molecular weight excluding hydrogens is 268 g/mol. The van der Waals surface area contributed by atoms with Crippen molar-refractivity contribution in [3.63, 3.8) is 0 Å². The van der Waals surface area contributed by atoms with Gasteiger partial charge in [-0.05, 0) is 25.0 Å². The zero-order valence-corrected chi connectivity index (χ0v) is 11.9. The minimum absolute atomic E-state index is 0.0348. The SMILES string of the molecule is Cn1nc(Cn2nc3n(c2=O)CCCC3)c2cccnc21. The van der Waals surface area contributed by atoms with Crippen molar-refractivity contribution >= 4 is 11.0 Å². The molecule has 0 amide bonds. The Labute approximate surface area is 120 Å². The highest BCUT2D eigenvalue weighted by Crippen LogP contribution is 2.16. The number of nitrogens with zero attached hydrogens (tertiary/aromatic N) is 6. The van der Waals surface area contributed by atoms with E-state index in [1.165, 1.54) is 4.68 Å². The van der Waals surface area contributed by atoms with E-state index < -0.39 is 0 Å². The minimum atomic E-state index is -0.0348. The van der Waals surface area contributed by atoms with Crippen LogP contribution in [0.15, 0.2) is 23.1 Å². The van der Waals surface area contributed by atoms with Crippen molar-refractivity contribution in [3.05, 3.63) is 40.3 Å². The molecule has 0 saturated heterocycles. The first-order valence-corrected chi connectivity index (χ1v) is 7.17. The first kappa shape index (κ1) is 12.3. The molecule has 1 aliphatic heterocycles. The molecule has 0 spiro atoms.